The highest BCUT2D eigenvalue weighted by atomic mass is 16.5. The number of anilines is 2. The molecule has 1 aromatic carbocycles. The van der Waals surface area contributed by atoms with Gasteiger partial charge in [-0.3, -0.25) is 0 Å². The minimum absolute atomic E-state index is 0.194. The first-order chi connectivity index (χ1) is 13.8. The second-order valence-corrected chi connectivity index (χ2v) is 7.02. The summed E-state index contributed by atoms with van der Waals surface area (Å²) in [4.78, 5) is 15.9. The Balaban J connectivity index is 1.68. The van der Waals surface area contributed by atoms with Gasteiger partial charge in [0.2, 0.25) is 0 Å². The third-order valence-electron chi connectivity index (χ3n) is 5.19. The number of nitrogens with zero attached hydrogens (tertiary/aromatic N) is 5. The Labute approximate surface area is 165 Å². The summed E-state index contributed by atoms with van der Waals surface area (Å²) in [5, 5.41) is 3.55. The number of ether oxygens (including phenoxy) is 1. The van der Waals surface area contributed by atoms with E-state index in [1.54, 1.807) is 19.6 Å². The van der Waals surface area contributed by atoms with Gasteiger partial charge in [-0.1, -0.05) is 18.2 Å². The van der Waals surface area contributed by atoms with E-state index in [9.17, 15) is 0 Å². The molecule has 0 radical (unpaired) electrons. The van der Waals surface area contributed by atoms with Crippen LogP contribution < -0.4 is 15.0 Å². The molecule has 0 amide bonds. The van der Waals surface area contributed by atoms with Gasteiger partial charge in [-0.05, 0) is 25.3 Å². The Morgan fingerprint density at radius 3 is 2.64 bits per heavy atom. The number of hydrogen-bond acceptors (Lipinski definition) is 6. The predicted octanol–water partition coefficient (Wildman–Crippen LogP) is 3.41. The molecule has 146 valence electrons. The van der Waals surface area contributed by atoms with Crippen LogP contribution in [0, 0.1) is 0 Å². The van der Waals surface area contributed by atoms with Crippen molar-refractivity contribution in [1.29, 1.82) is 0 Å². The normalized spacial score (nSPS) is 15.3. The summed E-state index contributed by atoms with van der Waals surface area (Å²) >= 11 is 0. The first-order valence-corrected chi connectivity index (χ1v) is 9.70. The average molecular weight is 378 g/mol. The number of piperidine rings is 1. The maximum absolute atomic E-state index is 5.60. The van der Waals surface area contributed by atoms with Gasteiger partial charge in [0.25, 0.3) is 0 Å². The molecule has 3 aromatic rings. The van der Waals surface area contributed by atoms with Crippen LogP contribution >= 0.6 is 0 Å². The molecule has 1 fully saturated rings. The highest BCUT2D eigenvalue weighted by Gasteiger charge is 2.23. The molecule has 4 rings (SSSR count). The Bertz CT molecular complexity index is 919. The first-order valence-electron chi connectivity index (χ1n) is 9.70. The van der Waals surface area contributed by atoms with Gasteiger partial charge < -0.3 is 19.5 Å². The second-order valence-electron chi connectivity index (χ2n) is 7.02. The van der Waals surface area contributed by atoms with E-state index in [1.807, 2.05) is 42.1 Å². The van der Waals surface area contributed by atoms with Crippen LogP contribution in [-0.2, 0) is 7.05 Å². The minimum atomic E-state index is -0.194. The van der Waals surface area contributed by atoms with Gasteiger partial charge in [-0.15, -0.1) is 0 Å². The second kappa shape index (κ2) is 8.29. The fourth-order valence-corrected chi connectivity index (χ4v) is 3.71. The zero-order valence-electron chi connectivity index (χ0n) is 16.4. The van der Waals surface area contributed by atoms with E-state index in [0.29, 0.717) is 0 Å². The Hall–Kier alpha value is -3.09. The van der Waals surface area contributed by atoms with Crippen molar-refractivity contribution >= 4 is 11.6 Å². The summed E-state index contributed by atoms with van der Waals surface area (Å²) in [6.07, 6.45) is 9.09. The van der Waals surface area contributed by atoms with Crippen molar-refractivity contribution in [2.45, 2.75) is 25.3 Å². The van der Waals surface area contributed by atoms with Gasteiger partial charge in [-0.2, -0.15) is 0 Å². The molecule has 1 unspecified atom stereocenters. The number of aryl methyl sites for hydroxylation is 1. The van der Waals surface area contributed by atoms with Crippen molar-refractivity contribution in [3.8, 4) is 5.75 Å². The van der Waals surface area contributed by atoms with Crippen molar-refractivity contribution in [3.63, 3.8) is 0 Å². The molecular formula is C21H26N6O. The van der Waals surface area contributed by atoms with Gasteiger partial charge in [0.15, 0.2) is 0 Å². The summed E-state index contributed by atoms with van der Waals surface area (Å²) in [7, 11) is 3.68. The molecule has 0 aliphatic carbocycles. The maximum atomic E-state index is 5.60. The Morgan fingerprint density at radius 2 is 1.89 bits per heavy atom. The lowest BCUT2D eigenvalue weighted by atomic mass is 10.0. The lowest BCUT2D eigenvalue weighted by Gasteiger charge is -2.28. The standard InChI is InChI=1S/C21H26N6O/c1-26-13-10-22-21(26)20(16-8-4-5-9-17(16)28-2)25-18-14-19(24-15-23-18)27-11-6-3-7-12-27/h4-5,8-10,13-15,20H,3,6-7,11-12H2,1-2H3,(H,23,24,25). The van der Waals surface area contributed by atoms with E-state index in [4.69, 9.17) is 4.74 Å². The topological polar surface area (TPSA) is 68.1 Å². The minimum Gasteiger partial charge on any atom is -0.496 e. The monoisotopic (exact) mass is 378 g/mol. The van der Waals surface area contributed by atoms with Crippen LogP contribution in [0.25, 0.3) is 0 Å². The predicted molar refractivity (Wildman–Crippen MR) is 110 cm³/mol. The Kier molecular flexibility index (Phi) is 5.41. The fourth-order valence-electron chi connectivity index (χ4n) is 3.71. The number of para-hydroxylation sites is 1. The van der Waals surface area contributed by atoms with Crippen LogP contribution in [0.4, 0.5) is 11.6 Å². The molecule has 1 N–H and O–H groups in total. The maximum Gasteiger partial charge on any atom is 0.135 e. The van der Waals surface area contributed by atoms with E-state index in [0.717, 1.165) is 41.9 Å². The van der Waals surface area contributed by atoms with Crippen molar-refractivity contribution in [3.05, 3.63) is 60.4 Å². The molecule has 3 heterocycles. The smallest absolute Gasteiger partial charge is 0.135 e. The highest BCUT2D eigenvalue weighted by Crippen LogP contribution is 2.32. The molecule has 7 nitrogen and oxygen atoms in total. The third kappa shape index (κ3) is 3.78. The third-order valence-corrected chi connectivity index (χ3v) is 5.19. The van der Waals surface area contributed by atoms with E-state index in [2.05, 4.69) is 31.2 Å². The molecule has 2 aromatic heterocycles. The number of aromatic nitrogens is 4. The fraction of sp³-hybridized carbons (Fsp3) is 0.381. The molecular weight excluding hydrogens is 352 g/mol. The molecule has 1 atom stereocenters. The zero-order valence-corrected chi connectivity index (χ0v) is 16.4. The molecule has 0 bridgehead atoms. The zero-order chi connectivity index (χ0) is 19.3. The van der Waals surface area contributed by atoms with Gasteiger partial charge >= 0.3 is 0 Å². The number of benzene rings is 1. The highest BCUT2D eigenvalue weighted by molar-refractivity contribution is 5.52. The lowest BCUT2D eigenvalue weighted by Crippen LogP contribution is -2.30. The van der Waals surface area contributed by atoms with Crippen LogP contribution in [0.3, 0.4) is 0 Å². The van der Waals surface area contributed by atoms with Crippen molar-refractivity contribution in [1.82, 2.24) is 19.5 Å². The van der Waals surface area contributed by atoms with E-state index in [-0.39, 0.29) is 6.04 Å². The summed E-state index contributed by atoms with van der Waals surface area (Å²) in [6, 6.07) is 9.83. The summed E-state index contributed by atoms with van der Waals surface area (Å²) < 4.78 is 7.61. The molecule has 1 aliphatic heterocycles. The number of hydrogen-bond donors (Lipinski definition) is 1. The molecule has 1 saturated heterocycles. The van der Waals surface area contributed by atoms with E-state index < -0.39 is 0 Å². The van der Waals surface area contributed by atoms with Crippen LogP contribution in [0.2, 0.25) is 0 Å². The van der Waals surface area contributed by atoms with Crippen molar-refractivity contribution in [2.75, 3.05) is 30.4 Å². The number of methoxy groups -OCH3 is 1. The molecule has 28 heavy (non-hydrogen) atoms. The summed E-state index contributed by atoms with van der Waals surface area (Å²) in [6.45, 7) is 2.09. The van der Waals surface area contributed by atoms with Crippen molar-refractivity contribution in [2.24, 2.45) is 7.05 Å². The average Bonchev–Trinajstić information content (AvgIpc) is 3.18. The number of imidazole rings is 1. The van der Waals surface area contributed by atoms with E-state index >= 15 is 0 Å². The summed E-state index contributed by atoms with van der Waals surface area (Å²) in [5.41, 5.74) is 1.01. The first kappa shape index (κ1) is 18.3. The quantitative estimate of drug-likeness (QED) is 0.709. The van der Waals surface area contributed by atoms with Crippen molar-refractivity contribution < 1.29 is 4.74 Å². The van der Waals surface area contributed by atoms with Crippen LogP contribution in [-0.4, -0.2) is 39.7 Å². The molecule has 0 spiro atoms. The van der Waals surface area contributed by atoms with Crippen LogP contribution in [0.1, 0.15) is 36.7 Å². The summed E-state index contributed by atoms with van der Waals surface area (Å²) in [5.74, 6) is 3.45. The molecule has 0 saturated carbocycles. The number of rotatable bonds is 6. The largest absolute Gasteiger partial charge is 0.496 e. The molecule has 1 aliphatic rings. The van der Waals surface area contributed by atoms with Crippen LogP contribution in [0.5, 0.6) is 5.75 Å². The van der Waals surface area contributed by atoms with Gasteiger partial charge in [0.1, 0.15) is 35.6 Å². The Morgan fingerprint density at radius 1 is 1.07 bits per heavy atom. The SMILES string of the molecule is COc1ccccc1C(Nc1cc(N2CCCCC2)ncn1)c1nccn1C. The lowest BCUT2D eigenvalue weighted by molar-refractivity contribution is 0.408. The van der Waals surface area contributed by atoms with E-state index in [1.165, 1.54) is 19.3 Å². The van der Waals surface area contributed by atoms with Crippen LogP contribution in [0.15, 0.2) is 49.1 Å². The van der Waals surface area contributed by atoms with Gasteiger partial charge in [0.05, 0.1) is 7.11 Å². The van der Waals surface area contributed by atoms with Gasteiger partial charge in [-0.25, -0.2) is 15.0 Å². The molecule has 7 heteroatoms. The number of nitrogens with one attached hydrogen (secondary N) is 1. The van der Waals surface area contributed by atoms with Gasteiger partial charge in [0, 0.05) is 44.2 Å².